The lowest BCUT2D eigenvalue weighted by atomic mass is 9.94. The van der Waals surface area contributed by atoms with Gasteiger partial charge in [0.1, 0.15) is 42.1 Å². The highest BCUT2D eigenvalue weighted by atomic mass is 19.1. The van der Waals surface area contributed by atoms with Crippen molar-refractivity contribution in [2.45, 2.75) is 74.7 Å². The van der Waals surface area contributed by atoms with Gasteiger partial charge in [0.15, 0.2) is 5.82 Å². The molecule has 5 saturated heterocycles. The van der Waals surface area contributed by atoms with E-state index in [9.17, 15) is 24.0 Å². The lowest BCUT2D eigenvalue weighted by molar-refractivity contribution is -0.136. The van der Waals surface area contributed by atoms with Gasteiger partial charge >= 0.3 is 12.1 Å². The number of fused-ring (bicyclic) bond motifs is 6. The topological polar surface area (TPSA) is 210 Å². The number of halogens is 2. The number of imide groups is 2. The van der Waals surface area contributed by atoms with Crippen molar-refractivity contribution in [2.75, 3.05) is 89.6 Å². The third-order valence-corrected chi connectivity index (χ3v) is 15.7. The molecule has 3 N–H and O–H groups in total. The molecule has 5 amide bonds. The van der Waals surface area contributed by atoms with E-state index in [-0.39, 0.29) is 97.9 Å². The summed E-state index contributed by atoms with van der Waals surface area (Å²) < 4.78 is 56.0. The molecule has 77 heavy (non-hydrogen) atoms. The maximum absolute atomic E-state index is 17.2. The summed E-state index contributed by atoms with van der Waals surface area (Å²) in [6.07, 6.45) is 11.2. The van der Waals surface area contributed by atoms with E-state index in [4.69, 9.17) is 35.3 Å². The molecule has 0 radical (unpaired) electrons. The van der Waals surface area contributed by atoms with Gasteiger partial charge < -0.3 is 39.4 Å². The minimum atomic E-state index is -1.03. The monoisotopic (exact) mass is 1050 g/mol. The number of rotatable bonds is 18. The molecular formula is C56H58F2N10O9. The Morgan fingerprint density at radius 2 is 1.75 bits per heavy atom. The van der Waals surface area contributed by atoms with Gasteiger partial charge in [0.05, 0.1) is 54.0 Å². The average molecular weight is 1050 g/mol. The SMILES string of the molecule is C#Cc1c(F)ccc2cccc(-c3ncc4c(N5CC6CCC(C5)N6)nc(OC[C@@]56CC[C@@H](COC(=O)N(C)CCOCCOCCNc7ccc8c(c7)C(=O)N(C7CCC(=O)NC7=O)C8=O)N5CC(=C)C6)nc4c3F)c12. The van der Waals surface area contributed by atoms with Crippen LogP contribution >= 0.6 is 0 Å². The molecule has 6 aliphatic rings. The van der Waals surface area contributed by atoms with Gasteiger partial charge in [-0.1, -0.05) is 42.3 Å². The van der Waals surface area contributed by atoms with E-state index in [0.717, 1.165) is 36.2 Å². The molecule has 3 unspecified atom stereocenters. The molecule has 6 aliphatic heterocycles. The van der Waals surface area contributed by atoms with Gasteiger partial charge in [-0.15, -0.1) is 6.42 Å². The molecule has 5 aromatic rings. The van der Waals surface area contributed by atoms with Gasteiger partial charge in [0.2, 0.25) is 11.8 Å². The maximum Gasteiger partial charge on any atom is 0.409 e. The molecule has 0 spiro atoms. The van der Waals surface area contributed by atoms with Crippen LogP contribution in [-0.4, -0.2) is 168 Å². The number of likely N-dealkylation sites (N-methyl/N-ethyl adjacent to an activating group) is 1. The zero-order valence-electron chi connectivity index (χ0n) is 42.6. The van der Waals surface area contributed by atoms with Crippen LogP contribution in [0.1, 0.15) is 71.2 Å². The van der Waals surface area contributed by atoms with Crippen molar-refractivity contribution >= 4 is 62.9 Å². The first kappa shape index (κ1) is 51.5. The minimum Gasteiger partial charge on any atom is -0.461 e. The van der Waals surface area contributed by atoms with E-state index in [1.54, 1.807) is 55.7 Å². The van der Waals surface area contributed by atoms with Gasteiger partial charge in [-0.3, -0.25) is 39.3 Å². The number of amides is 5. The first-order valence-corrected chi connectivity index (χ1v) is 26.0. The normalized spacial score (nSPS) is 22.9. The van der Waals surface area contributed by atoms with Gasteiger partial charge in [-0.2, -0.15) is 9.97 Å². The van der Waals surface area contributed by atoms with E-state index >= 15 is 8.78 Å². The van der Waals surface area contributed by atoms with Crippen molar-refractivity contribution < 1.29 is 51.7 Å². The molecule has 21 heteroatoms. The summed E-state index contributed by atoms with van der Waals surface area (Å²) in [5.74, 6) is -0.544. The van der Waals surface area contributed by atoms with Crippen LogP contribution in [-0.2, 0) is 23.8 Å². The lowest BCUT2D eigenvalue weighted by Gasteiger charge is -2.35. The molecule has 0 aliphatic carbocycles. The van der Waals surface area contributed by atoms with Crippen LogP contribution in [0.4, 0.5) is 25.1 Å². The largest absolute Gasteiger partial charge is 0.461 e. The molecule has 0 saturated carbocycles. The molecule has 11 rings (SSSR count). The second-order valence-corrected chi connectivity index (χ2v) is 20.6. The van der Waals surface area contributed by atoms with Crippen LogP contribution in [0.25, 0.3) is 32.9 Å². The Morgan fingerprint density at radius 1 is 0.961 bits per heavy atom. The van der Waals surface area contributed by atoms with Crippen LogP contribution in [0.15, 0.2) is 66.9 Å². The zero-order valence-corrected chi connectivity index (χ0v) is 42.6. The summed E-state index contributed by atoms with van der Waals surface area (Å²) >= 11 is 0. The molecule has 5 atom stereocenters. The van der Waals surface area contributed by atoms with E-state index in [1.807, 2.05) is 0 Å². The summed E-state index contributed by atoms with van der Waals surface area (Å²) in [6.45, 7) is 8.46. The number of hydrogen-bond acceptors (Lipinski definition) is 16. The summed E-state index contributed by atoms with van der Waals surface area (Å²) in [5, 5.41) is 10.5. The highest BCUT2D eigenvalue weighted by Crippen LogP contribution is 2.45. The zero-order chi connectivity index (χ0) is 53.5. The molecule has 19 nitrogen and oxygen atoms in total. The number of pyridine rings is 1. The highest BCUT2D eigenvalue weighted by Gasteiger charge is 2.52. The van der Waals surface area contributed by atoms with Crippen molar-refractivity contribution in [3.8, 4) is 29.6 Å². The quantitative estimate of drug-likeness (QED) is 0.0446. The van der Waals surface area contributed by atoms with Crippen LogP contribution < -0.4 is 25.6 Å². The third-order valence-electron chi connectivity index (χ3n) is 15.7. The summed E-state index contributed by atoms with van der Waals surface area (Å²) in [7, 11) is 1.65. The Kier molecular flexibility index (Phi) is 14.3. The van der Waals surface area contributed by atoms with Crippen molar-refractivity contribution in [2.24, 2.45) is 0 Å². The number of piperazine rings is 1. The number of ether oxygens (including phenoxy) is 4. The highest BCUT2D eigenvalue weighted by molar-refractivity contribution is 6.23. The van der Waals surface area contributed by atoms with E-state index in [1.165, 1.54) is 11.0 Å². The summed E-state index contributed by atoms with van der Waals surface area (Å²) in [6, 6.07) is 12.3. The molecule has 400 valence electrons. The Balaban J connectivity index is 0.662. The molecule has 2 aromatic heterocycles. The molecule has 3 aromatic carbocycles. The first-order valence-electron chi connectivity index (χ1n) is 26.0. The Hall–Kier alpha value is -7.64. The fourth-order valence-corrected chi connectivity index (χ4v) is 11.9. The first-order chi connectivity index (χ1) is 37.3. The van der Waals surface area contributed by atoms with Crippen LogP contribution in [0.5, 0.6) is 6.01 Å². The van der Waals surface area contributed by atoms with Crippen LogP contribution in [0.3, 0.4) is 0 Å². The van der Waals surface area contributed by atoms with Crippen LogP contribution in [0.2, 0.25) is 0 Å². The van der Waals surface area contributed by atoms with E-state index < -0.39 is 52.9 Å². The molecule has 2 bridgehead atoms. The number of benzene rings is 3. The van der Waals surface area contributed by atoms with Gasteiger partial charge in [-0.05, 0) is 68.2 Å². The van der Waals surface area contributed by atoms with Crippen molar-refractivity contribution in [1.29, 1.82) is 0 Å². The van der Waals surface area contributed by atoms with E-state index in [2.05, 4.69) is 43.2 Å². The lowest BCUT2D eigenvalue weighted by Crippen LogP contribution is -2.54. The number of nitrogens with one attached hydrogen (secondary N) is 3. The number of carbonyl (C=O) groups is 5. The van der Waals surface area contributed by atoms with E-state index in [0.29, 0.717) is 79.0 Å². The smallest absolute Gasteiger partial charge is 0.409 e. The van der Waals surface area contributed by atoms with Crippen molar-refractivity contribution in [3.05, 3.63) is 95.2 Å². The minimum absolute atomic E-state index is 0.0161. The Labute approximate surface area is 442 Å². The number of terminal acetylenes is 1. The fourth-order valence-electron chi connectivity index (χ4n) is 11.9. The van der Waals surface area contributed by atoms with Crippen molar-refractivity contribution in [1.82, 2.24) is 40.3 Å². The number of hydrogen-bond donors (Lipinski definition) is 3. The number of anilines is 2. The Bertz CT molecular complexity index is 3270. The number of aromatic nitrogens is 3. The third kappa shape index (κ3) is 10.0. The molecular weight excluding hydrogens is 995 g/mol. The molecule has 5 fully saturated rings. The fraction of sp³-hybridized carbons (Fsp3) is 0.429. The van der Waals surface area contributed by atoms with Crippen molar-refractivity contribution in [3.63, 3.8) is 0 Å². The maximum atomic E-state index is 17.2. The average Bonchev–Trinajstić information content (AvgIpc) is 4.21. The summed E-state index contributed by atoms with van der Waals surface area (Å²) in [4.78, 5) is 84.4. The second-order valence-electron chi connectivity index (χ2n) is 20.6. The van der Waals surface area contributed by atoms with Gasteiger partial charge in [0.25, 0.3) is 11.8 Å². The number of piperidine rings is 1. The second kappa shape index (κ2) is 21.4. The predicted octanol–water partition coefficient (Wildman–Crippen LogP) is 5.20. The number of carbonyl (C=O) groups excluding carboxylic acids is 5. The molecule has 8 heterocycles. The predicted molar refractivity (Wildman–Crippen MR) is 279 cm³/mol. The van der Waals surface area contributed by atoms with Gasteiger partial charge in [0, 0.05) is 87.2 Å². The Morgan fingerprint density at radius 3 is 2.55 bits per heavy atom. The van der Waals surface area contributed by atoms with Gasteiger partial charge in [-0.25, -0.2) is 13.6 Å². The number of nitrogens with zero attached hydrogens (tertiary/aromatic N) is 7. The standard InChI is InChI=1S/C56H58F2N10O9/c1-4-38-43(57)13-8-33-6-5-7-40(46(33)38)48-47(58)49-42(26-60-48)50(66-28-35-9-10-36(29-66)61-35)64-54(63-49)77-31-56-17-16-37(67(56)27-32(2)25-56)30-76-55(73)65(3)19-21-75-23-22-74-20-18-59-34-11-12-39-41(24-34)53(72)68(52(39)71)44-14-15-45(69)62-51(44)70/h1,5-8,11-13,24,26,35-37,44,59,61H,2,9-10,14-23,25,27-31H2,3H3,(H,62,69,70)/t35?,36?,37-,44?,56-/m0/s1. The van der Waals surface area contributed by atoms with Crippen LogP contribution in [0, 0.1) is 24.0 Å². The summed E-state index contributed by atoms with van der Waals surface area (Å²) in [5.41, 5.74) is 1.91.